The first-order chi connectivity index (χ1) is 9.36. The molecule has 0 N–H and O–H groups in total. The van der Waals surface area contributed by atoms with Gasteiger partial charge >= 0.3 is 0 Å². The predicted octanol–water partition coefficient (Wildman–Crippen LogP) is 3.92. The highest BCUT2D eigenvalue weighted by molar-refractivity contribution is 5.95. The number of carbonyl (C=O) groups is 1. The zero-order valence-corrected chi connectivity index (χ0v) is 11.8. The summed E-state index contributed by atoms with van der Waals surface area (Å²) in [5.74, 6) is 0.292. The fourth-order valence-electron chi connectivity index (χ4n) is 2.75. The summed E-state index contributed by atoms with van der Waals surface area (Å²) in [6.45, 7) is 3.85. The van der Waals surface area contributed by atoms with Crippen molar-refractivity contribution in [2.24, 2.45) is 0 Å². The van der Waals surface area contributed by atoms with E-state index in [1.54, 1.807) is 0 Å². The van der Waals surface area contributed by atoms with Gasteiger partial charge in [-0.2, -0.15) is 0 Å². The summed E-state index contributed by atoms with van der Waals surface area (Å²) in [5, 5.41) is 0. The molecular weight excluding hydrogens is 234 g/mol. The van der Waals surface area contributed by atoms with Crippen LogP contribution in [0.3, 0.4) is 0 Å². The molecule has 19 heavy (non-hydrogen) atoms. The molecule has 1 aromatic rings. The number of carbonyl (C=O) groups excluding carboxylic acids is 1. The lowest BCUT2D eigenvalue weighted by Gasteiger charge is -2.13. The van der Waals surface area contributed by atoms with E-state index in [1.807, 2.05) is 30.3 Å². The third kappa shape index (κ3) is 5.15. The quantitative estimate of drug-likeness (QED) is 0.521. The van der Waals surface area contributed by atoms with E-state index in [0.29, 0.717) is 12.2 Å². The summed E-state index contributed by atoms with van der Waals surface area (Å²) in [6.07, 6.45) is 8.24. The first-order valence-electron chi connectivity index (χ1n) is 7.67. The van der Waals surface area contributed by atoms with Gasteiger partial charge in [0.05, 0.1) is 0 Å². The molecule has 0 unspecified atom stereocenters. The van der Waals surface area contributed by atoms with Crippen molar-refractivity contribution in [3.8, 4) is 0 Å². The first kappa shape index (κ1) is 14.3. The van der Waals surface area contributed by atoms with Crippen molar-refractivity contribution in [3.05, 3.63) is 35.9 Å². The molecule has 0 radical (unpaired) electrons. The van der Waals surface area contributed by atoms with Gasteiger partial charge in [0.25, 0.3) is 0 Å². The third-order valence-electron chi connectivity index (χ3n) is 3.92. The third-order valence-corrected chi connectivity index (χ3v) is 3.92. The van der Waals surface area contributed by atoms with Crippen molar-refractivity contribution in [3.63, 3.8) is 0 Å². The molecule has 0 aromatic heterocycles. The highest BCUT2D eigenvalue weighted by Crippen LogP contribution is 2.11. The number of Topliss-reactive ketones (excluding diaryl/α,β-unsaturated/α-hetero) is 1. The minimum absolute atomic E-state index is 0.292. The Kier molecular flexibility index (Phi) is 6.09. The lowest BCUT2D eigenvalue weighted by molar-refractivity contribution is 0.0979. The molecular formula is C17H25NO. The average Bonchev–Trinajstić information content (AvgIpc) is 2.96. The van der Waals surface area contributed by atoms with E-state index in [0.717, 1.165) is 12.0 Å². The van der Waals surface area contributed by atoms with E-state index < -0.39 is 0 Å². The van der Waals surface area contributed by atoms with Crippen LogP contribution in [-0.4, -0.2) is 30.3 Å². The number of ketones is 1. The number of rotatable bonds is 8. The van der Waals surface area contributed by atoms with Crippen molar-refractivity contribution >= 4 is 5.78 Å². The van der Waals surface area contributed by atoms with Crippen LogP contribution in [0.1, 0.15) is 55.3 Å². The number of hydrogen-bond acceptors (Lipinski definition) is 2. The molecule has 1 fully saturated rings. The number of nitrogens with zero attached hydrogens (tertiary/aromatic N) is 1. The SMILES string of the molecule is O=C(CCCCCCN1CCCC1)c1ccccc1. The van der Waals surface area contributed by atoms with E-state index in [1.165, 1.54) is 51.7 Å². The smallest absolute Gasteiger partial charge is 0.162 e. The van der Waals surface area contributed by atoms with Gasteiger partial charge in [0.1, 0.15) is 0 Å². The zero-order valence-electron chi connectivity index (χ0n) is 11.8. The largest absolute Gasteiger partial charge is 0.303 e. The molecule has 2 rings (SSSR count). The summed E-state index contributed by atoms with van der Waals surface area (Å²) >= 11 is 0. The average molecular weight is 259 g/mol. The molecule has 2 nitrogen and oxygen atoms in total. The second kappa shape index (κ2) is 8.11. The van der Waals surface area contributed by atoms with Crippen molar-refractivity contribution in [2.75, 3.05) is 19.6 Å². The molecule has 1 aliphatic rings. The van der Waals surface area contributed by atoms with Gasteiger partial charge in [0, 0.05) is 12.0 Å². The normalized spacial score (nSPS) is 15.8. The van der Waals surface area contributed by atoms with Crippen LogP contribution in [0.2, 0.25) is 0 Å². The number of benzene rings is 1. The van der Waals surface area contributed by atoms with Gasteiger partial charge in [0.2, 0.25) is 0 Å². The molecule has 0 amide bonds. The van der Waals surface area contributed by atoms with Crippen molar-refractivity contribution in [1.29, 1.82) is 0 Å². The first-order valence-corrected chi connectivity index (χ1v) is 7.67. The minimum atomic E-state index is 0.292. The maximum atomic E-state index is 11.9. The number of unbranched alkanes of at least 4 members (excludes halogenated alkanes) is 3. The van der Waals surface area contributed by atoms with E-state index in [2.05, 4.69) is 4.90 Å². The van der Waals surface area contributed by atoms with Crippen LogP contribution in [0.15, 0.2) is 30.3 Å². The molecule has 0 atom stereocenters. The van der Waals surface area contributed by atoms with E-state index in [9.17, 15) is 4.79 Å². The Balaban J connectivity index is 1.51. The van der Waals surface area contributed by atoms with Gasteiger partial charge in [-0.05, 0) is 45.3 Å². The van der Waals surface area contributed by atoms with Crippen LogP contribution in [-0.2, 0) is 0 Å². The summed E-state index contributed by atoms with van der Waals surface area (Å²) in [4.78, 5) is 14.4. The molecule has 104 valence electrons. The van der Waals surface area contributed by atoms with Crippen LogP contribution in [0, 0.1) is 0 Å². The summed E-state index contributed by atoms with van der Waals surface area (Å²) in [5.41, 5.74) is 0.861. The van der Waals surface area contributed by atoms with Crippen LogP contribution in [0.25, 0.3) is 0 Å². The van der Waals surface area contributed by atoms with Crippen LogP contribution in [0.5, 0.6) is 0 Å². The second-order valence-electron chi connectivity index (χ2n) is 5.50. The lowest BCUT2D eigenvalue weighted by atomic mass is 10.0. The van der Waals surface area contributed by atoms with Gasteiger partial charge in [-0.15, -0.1) is 0 Å². The summed E-state index contributed by atoms with van der Waals surface area (Å²) in [7, 11) is 0. The van der Waals surface area contributed by atoms with Gasteiger partial charge in [-0.3, -0.25) is 4.79 Å². The molecule has 1 heterocycles. The molecule has 0 spiro atoms. The van der Waals surface area contributed by atoms with Crippen LogP contribution >= 0.6 is 0 Å². The number of likely N-dealkylation sites (tertiary alicyclic amines) is 1. The Bertz CT molecular complexity index is 368. The molecule has 2 heteroatoms. The fourth-order valence-corrected chi connectivity index (χ4v) is 2.75. The number of hydrogen-bond donors (Lipinski definition) is 0. The highest BCUT2D eigenvalue weighted by Gasteiger charge is 2.10. The fraction of sp³-hybridized carbons (Fsp3) is 0.588. The zero-order chi connectivity index (χ0) is 13.3. The molecule has 0 saturated carbocycles. The molecule has 0 aliphatic carbocycles. The topological polar surface area (TPSA) is 20.3 Å². The Morgan fingerprint density at radius 2 is 1.63 bits per heavy atom. The van der Waals surface area contributed by atoms with Gasteiger partial charge < -0.3 is 4.90 Å². The molecule has 1 saturated heterocycles. The van der Waals surface area contributed by atoms with Gasteiger partial charge in [-0.1, -0.05) is 43.2 Å². The summed E-state index contributed by atoms with van der Waals surface area (Å²) in [6, 6.07) is 9.65. The Morgan fingerprint density at radius 3 is 2.37 bits per heavy atom. The maximum absolute atomic E-state index is 11.9. The maximum Gasteiger partial charge on any atom is 0.162 e. The van der Waals surface area contributed by atoms with Gasteiger partial charge in [-0.25, -0.2) is 0 Å². The molecule has 1 aliphatic heterocycles. The van der Waals surface area contributed by atoms with Crippen LogP contribution in [0.4, 0.5) is 0 Å². The van der Waals surface area contributed by atoms with E-state index >= 15 is 0 Å². The van der Waals surface area contributed by atoms with Gasteiger partial charge in [0.15, 0.2) is 5.78 Å². The van der Waals surface area contributed by atoms with Crippen molar-refractivity contribution < 1.29 is 4.79 Å². The lowest BCUT2D eigenvalue weighted by Crippen LogP contribution is -2.20. The van der Waals surface area contributed by atoms with Crippen LogP contribution < -0.4 is 0 Å². The second-order valence-corrected chi connectivity index (χ2v) is 5.50. The standard InChI is InChI=1S/C17H25NO/c19-17(16-10-4-3-5-11-16)12-6-1-2-7-13-18-14-8-9-15-18/h3-5,10-11H,1-2,6-9,12-15H2. The Labute approximate surface area is 116 Å². The predicted molar refractivity (Wildman–Crippen MR) is 79.5 cm³/mol. The minimum Gasteiger partial charge on any atom is -0.303 e. The molecule has 1 aromatic carbocycles. The highest BCUT2D eigenvalue weighted by atomic mass is 16.1. The molecule has 0 bridgehead atoms. The summed E-state index contributed by atoms with van der Waals surface area (Å²) < 4.78 is 0. The van der Waals surface area contributed by atoms with E-state index in [-0.39, 0.29) is 0 Å². The Hall–Kier alpha value is -1.15. The van der Waals surface area contributed by atoms with Crippen molar-refractivity contribution in [2.45, 2.75) is 44.9 Å². The van der Waals surface area contributed by atoms with E-state index in [4.69, 9.17) is 0 Å². The van der Waals surface area contributed by atoms with Crippen molar-refractivity contribution in [1.82, 2.24) is 4.90 Å². The Morgan fingerprint density at radius 1 is 0.947 bits per heavy atom. The monoisotopic (exact) mass is 259 g/mol.